The lowest BCUT2D eigenvalue weighted by molar-refractivity contribution is -0.000709. The van der Waals surface area contributed by atoms with Crippen LogP contribution in [0.5, 0.6) is 0 Å². The number of nitrogens with zero attached hydrogens (tertiary/aromatic N) is 7. The average Bonchev–Trinajstić information content (AvgIpc) is 3.36. The van der Waals surface area contributed by atoms with Crippen molar-refractivity contribution in [3.8, 4) is 0 Å². The van der Waals surface area contributed by atoms with Crippen LogP contribution in [0, 0.1) is 11.6 Å². The van der Waals surface area contributed by atoms with Gasteiger partial charge in [0.15, 0.2) is 17.0 Å². The fraction of sp³-hybridized carbons (Fsp3) is 0.393. The highest BCUT2D eigenvalue weighted by Gasteiger charge is 2.35. The smallest absolute Gasteiger partial charge is 0.172 e. The minimum absolute atomic E-state index is 0.0924. The summed E-state index contributed by atoms with van der Waals surface area (Å²) in [6, 6.07) is 13.2. The summed E-state index contributed by atoms with van der Waals surface area (Å²) in [4.78, 5) is 17.9. The zero-order valence-corrected chi connectivity index (χ0v) is 22.9. The molecule has 2 aromatic carbocycles. The van der Waals surface area contributed by atoms with E-state index in [1.807, 2.05) is 42.9 Å². The number of anilines is 1. The second kappa shape index (κ2) is 11.3. The summed E-state index contributed by atoms with van der Waals surface area (Å²) in [5.74, 6) is 0.0402. The van der Waals surface area contributed by atoms with Gasteiger partial charge < -0.3 is 0 Å². The fourth-order valence-corrected chi connectivity index (χ4v) is 5.12. The van der Waals surface area contributed by atoms with Gasteiger partial charge in [-0.25, -0.2) is 28.7 Å². The van der Waals surface area contributed by atoms with Crippen LogP contribution in [0.25, 0.3) is 11.2 Å². The molecular weight excluding hydrogens is 500 g/mol. The maximum atomic E-state index is 13.7. The van der Waals surface area contributed by atoms with Gasteiger partial charge in [-0.1, -0.05) is 24.3 Å². The first-order valence-electron chi connectivity index (χ1n) is 13.1. The van der Waals surface area contributed by atoms with Crippen LogP contribution in [0.15, 0.2) is 61.2 Å². The number of nitrogens with one attached hydrogen (secondary N) is 2. The zero-order valence-electron chi connectivity index (χ0n) is 22.9. The molecule has 1 aliphatic rings. The van der Waals surface area contributed by atoms with Gasteiger partial charge in [-0.3, -0.25) is 19.8 Å². The Balaban J connectivity index is 1.33. The van der Waals surface area contributed by atoms with Gasteiger partial charge in [-0.15, -0.1) is 0 Å². The molecule has 3 heterocycles. The van der Waals surface area contributed by atoms with Crippen LogP contribution in [0.4, 0.5) is 14.6 Å². The molecule has 0 bridgehead atoms. The Kier molecular flexibility index (Phi) is 7.85. The molecule has 5 rings (SSSR count). The van der Waals surface area contributed by atoms with E-state index in [1.54, 1.807) is 6.33 Å². The summed E-state index contributed by atoms with van der Waals surface area (Å²) in [7, 11) is 4.02. The van der Waals surface area contributed by atoms with E-state index in [0.29, 0.717) is 17.9 Å². The molecule has 0 spiro atoms. The second-order valence-corrected chi connectivity index (χ2v) is 10.4. The number of piperazine rings is 1. The van der Waals surface area contributed by atoms with Gasteiger partial charge in [-0.2, -0.15) is 5.53 Å². The minimum Gasteiger partial charge on any atom is -0.299 e. The van der Waals surface area contributed by atoms with Crippen molar-refractivity contribution in [1.82, 2.24) is 39.9 Å². The first-order valence-corrected chi connectivity index (χ1v) is 13.1. The number of benzene rings is 2. The van der Waals surface area contributed by atoms with E-state index in [0.717, 1.165) is 23.3 Å². The third-order valence-electron chi connectivity index (χ3n) is 7.56. The molecule has 11 heteroatoms. The summed E-state index contributed by atoms with van der Waals surface area (Å²) in [6.45, 7) is 7.82. The van der Waals surface area contributed by atoms with Crippen molar-refractivity contribution in [2.24, 2.45) is 0 Å². The molecule has 3 atom stereocenters. The largest absolute Gasteiger partial charge is 0.299 e. The van der Waals surface area contributed by atoms with Gasteiger partial charge in [0.2, 0.25) is 0 Å². The van der Waals surface area contributed by atoms with Crippen molar-refractivity contribution in [3.05, 3.63) is 83.9 Å². The first-order chi connectivity index (χ1) is 18.7. The molecule has 1 unspecified atom stereocenters. The zero-order chi connectivity index (χ0) is 27.7. The maximum absolute atomic E-state index is 13.7. The summed E-state index contributed by atoms with van der Waals surface area (Å²) in [6.07, 6.45) is 3.41. The molecule has 0 amide bonds. The van der Waals surface area contributed by atoms with Crippen molar-refractivity contribution in [1.29, 1.82) is 0 Å². The van der Waals surface area contributed by atoms with E-state index >= 15 is 0 Å². The van der Waals surface area contributed by atoms with Crippen molar-refractivity contribution < 1.29 is 8.78 Å². The van der Waals surface area contributed by atoms with E-state index in [-0.39, 0.29) is 35.9 Å². The Morgan fingerprint density at radius 3 is 2.08 bits per heavy atom. The topological polar surface area (TPSA) is 77.4 Å². The van der Waals surface area contributed by atoms with Gasteiger partial charge in [0.1, 0.15) is 18.0 Å². The van der Waals surface area contributed by atoms with Crippen LogP contribution in [0.1, 0.15) is 44.1 Å². The molecule has 0 radical (unpaired) electrons. The number of hydrogen-bond acceptors (Lipinski definition) is 8. The van der Waals surface area contributed by atoms with E-state index < -0.39 is 0 Å². The van der Waals surface area contributed by atoms with Crippen LogP contribution in [-0.2, 0) is 0 Å². The lowest BCUT2D eigenvalue weighted by atomic mass is 9.94. The molecule has 1 fully saturated rings. The standard InChI is InChI=1S/C28H35F2N9/c1-18-15-39(35-34-27-25-28(32-16-31-27)38(17-33-25)20(3)36(4)5)19(2)14-37(18)26(21-6-10-23(29)11-7-21)22-8-12-24(30)13-9-22/h6-13,16-20,26,35H,14-15H2,1-5H3,(H,31,32,34)/t18-,19+,20?/m1/s1. The Morgan fingerprint density at radius 2 is 1.49 bits per heavy atom. The third kappa shape index (κ3) is 5.62. The fourth-order valence-electron chi connectivity index (χ4n) is 5.12. The van der Waals surface area contributed by atoms with Crippen molar-refractivity contribution in [3.63, 3.8) is 0 Å². The van der Waals surface area contributed by atoms with Gasteiger partial charge in [0.05, 0.1) is 18.5 Å². The van der Waals surface area contributed by atoms with Crippen LogP contribution < -0.4 is 11.0 Å². The number of rotatable bonds is 8. The molecular formula is C28H35F2N9. The monoisotopic (exact) mass is 535 g/mol. The molecule has 2 N–H and O–H groups in total. The van der Waals surface area contributed by atoms with Gasteiger partial charge in [-0.05, 0) is 70.3 Å². The van der Waals surface area contributed by atoms with E-state index in [4.69, 9.17) is 0 Å². The number of halogens is 2. The highest BCUT2D eigenvalue weighted by Crippen LogP contribution is 2.33. The molecule has 39 heavy (non-hydrogen) atoms. The number of fused-ring (bicyclic) bond motifs is 1. The predicted molar refractivity (Wildman–Crippen MR) is 147 cm³/mol. The number of imidazole rings is 1. The molecule has 9 nitrogen and oxygen atoms in total. The van der Waals surface area contributed by atoms with Gasteiger partial charge >= 0.3 is 0 Å². The molecule has 1 aliphatic heterocycles. The number of aromatic nitrogens is 4. The lowest BCUT2D eigenvalue weighted by Crippen LogP contribution is -2.62. The van der Waals surface area contributed by atoms with Crippen LogP contribution >= 0.6 is 0 Å². The Labute approximate surface area is 227 Å². The molecule has 0 saturated carbocycles. The average molecular weight is 536 g/mol. The summed E-state index contributed by atoms with van der Waals surface area (Å²) >= 11 is 0. The normalized spacial score (nSPS) is 19.7. The van der Waals surface area contributed by atoms with E-state index in [1.165, 1.54) is 30.6 Å². The minimum atomic E-state index is -0.280. The van der Waals surface area contributed by atoms with Gasteiger partial charge in [0, 0.05) is 25.2 Å². The van der Waals surface area contributed by atoms with Gasteiger partial charge in [0.25, 0.3) is 0 Å². The van der Waals surface area contributed by atoms with Crippen LogP contribution in [-0.4, -0.2) is 73.6 Å². The Bertz CT molecular complexity index is 1350. The molecule has 0 aliphatic carbocycles. The first kappa shape index (κ1) is 27.1. The molecule has 206 valence electrons. The van der Waals surface area contributed by atoms with Crippen molar-refractivity contribution in [2.75, 3.05) is 32.6 Å². The predicted octanol–water partition coefficient (Wildman–Crippen LogP) is 4.20. The lowest BCUT2D eigenvalue weighted by Gasteiger charge is -2.47. The SMILES string of the molecule is CC(N(C)C)n1cnc2c(NNN3C[C@@H](C)N(C(c4ccc(F)cc4)c4ccc(F)cc4)C[C@@H]3C)ncnc21. The summed E-state index contributed by atoms with van der Waals surface area (Å²) in [5, 5.41) is 2.14. The molecule has 4 aromatic rings. The second-order valence-electron chi connectivity index (χ2n) is 10.4. The van der Waals surface area contributed by atoms with Crippen molar-refractivity contribution >= 4 is 17.0 Å². The number of hydrogen-bond donors (Lipinski definition) is 2. The number of hydrazine groups is 2. The highest BCUT2D eigenvalue weighted by molar-refractivity contribution is 5.82. The van der Waals surface area contributed by atoms with Crippen LogP contribution in [0.3, 0.4) is 0 Å². The third-order valence-corrected chi connectivity index (χ3v) is 7.56. The Hall–Kier alpha value is -3.51. The highest BCUT2D eigenvalue weighted by atomic mass is 19.1. The van der Waals surface area contributed by atoms with E-state index in [2.05, 4.69) is 61.5 Å². The van der Waals surface area contributed by atoms with E-state index in [9.17, 15) is 8.78 Å². The summed E-state index contributed by atoms with van der Waals surface area (Å²) in [5.41, 5.74) is 9.95. The van der Waals surface area contributed by atoms with Crippen LogP contribution in [0.2, 0.25) is 0 Å². The Morgan fingerprint density at radius 1 is 0.872 bits per heavy atom. The molecule has 1 saturated heterocycles. The maximum Gasteiger partial charge on any atom is 0.172 e. The quantitative estimate of drug-likeness (QED) is 0.325. The van der Waals surface area contributed by atoms with Crippen molar-refractivity contribution in [2.45, 2.75) is 45.1 Å². The summed E-state index contributed by atoms with van der Waals surface area (Å²) < 4.78 is 29.5. The molecule has 2 aromatic heterocycles.